The van der Waals surface area contributed by atoms with Crippen LogP contribution >= 0.6 is 8.20 Å². The van der Waals surface area contributed by atoms with Gasteiger partial charge in [-0.2, -0.15) is 23.4 Å². The highest BCUT2D eigenvalue weighted by Crippen LogP contribution is 2.35. The first-order chi connectivity index (χ1) is 14.2. The SMILES string of the molecule is C=PCC(C)(c1n[nH]c(C)n1)c1ccnc2c(-c3ccc(C(F)(F)F)cc3)cnn12. The van der Waals surface area contributed by atoms with Crippen LogP contribution in [-0.4, -0.2) is 42.2 Å². The molecular formula is C20H18F3N6P. The molecule has 0 saturated heterocycles. The van der Waals surface area contributed by atoms with Gasteiger partial charge in [-0.1, -0.05) is 18.4 Å². The zero-order chi connectivity index (χ0) is 21.5. The molecule has 10 heteroatoms. The lowest BCUT2D eigenvalue weighted by atomic mass is 9.87. The Labute approximate surface area is 172 Å². The van der Waals surface area contributed by atoms with Gasteiger partial charge in [0.1, 0.15) is 5.82 Å². The van der Waals surface area contributed by atoms with E-state index in [1.54, 1.807) is 16.9 Å². The topological polar surface area (TPSA) is 71.8 Å². The molecule has 1 unspecified atom stereocenters. The molecule has 0 aliphatic heterocycles. The normalized spacial score (nSPS) is 14.3. The van der Waals surface area contributed by atoms with Crippen LogP contribution < -0.4 is 0 Å². The maximum Gasteiger partial charge on any atom is 0.416 e. The molecule has 154 valence electrons. The summed E-state index contributed by atoms with van der Waals surface area (Å²) in [5, 5.41) is 11.7. The molecule has 0 amide bonds. The van der Waals surface area contributed by atoms with Crippen molar-refractivity contribution in [2.24, 2.45) is 0 Å². The molecule has 0 spiro atoms. The number of nitrogens with zero attached hydrogens (tertiary/aromatic N) is 5. The van der Waals surface area contributed by atoms with Crippen molar-refractivity contribution < 1.29 is 13.2 Å². The van der Waals surface area contributed by atoms with E-state index >= 15 is 0 Å². The fourth-order valence-electron chi connectivity index (χ4n) is 3.43. The van der Waals surface area contributed by atoms with Gasteiger partial charge < -0.3 is 0 Å². The molecule has 1 N–H and O–H groups in total. The van der Waals surface area contributed by atoms with E-state index < -0.39 is 17.2 Å². The summed E-state index contributed by atoms with van der Waals surface area (Å²) in [5.41, 5.74) is 1.34. The highest BCUT2D eigenvalue weighted by Gasteiger charge is 2.35. The quantitative estimate of drug-likeness (QED) is 0.473. The predicted molar refractivity (Wildman–Crippen MR) is 110 cm³/mol. The summed E-state index contributed by atoms with van der Waals surface area (Å²) in [6.07, 6.45) is 3.51. The molecule has 0 aliphatic rings. The second kappa shape index (κ2) is 7.32. The largest absolute Gasteiger partial charge is 0.416 e. The lowest BCUT2D eigenvalue weighted by molar-refractivity contribution is -0.137. The fraction of sp³-hybridized carbons (Fsp3) is 0.250. The highest BCUT2D eigenvalue weighted by atomic mass is 31.1. The van der Waals surface area contributed by atoms with Gasteiger partial charge in [0.15, 0.2) is 11.5 Å². The van der Waals surface area contributed by atoms with E-state index in [1.165, 1.54) is 12.1 Å². The standard InChI is InChI=1S/C20H18F3N6P/c1-12-26-18(28-27-12)19(2,11-30-3)16-8-9-24-17-15(10-25-29(16)17)13-4-6-14(7-5-13)20(21,22)23/h4-10H,3,11H2,1-2H3,(H,26,27,28). The molecule has 1 aromatic carbocycles. The van der Waals surface area contributed by atoms with Gasteiger partial charge >= 0.3 is 6.18 Å². The number of rotatable bonds is 5. The van der Waals surface area contributed by atoms with Crippen LogP contribution in [0.5, 0.6) is 0 Å². The van der Waals surface area contributed by atoms with E-state index in [0.29, 0.717) is 34.6 Å². The summed E-state index contributed by atoms with van der Waals surface area (Å²) in [6.45, 7) is 3.85. The first-order valence-electron chi connectivity index (χ1n) is 9.07. The summed E-state index contributed by atoms with van der Waals surface area (Å²) in [4.78, 5) is 8.95. The van der Waals surface area contributed by atoms with Gasteiger partial charge in [0.25, 0.3) is 0 Å². The number of fused-ring (bicyclic) bond motifs is 1. The Morgan fingerprint density at radius 3 is 2.50 bits per heavy atom. The third-order valence-electron chi connectivity index (χ3n) is 5.01. The van der Waals surface area contributed by atoms with Crippen LogP contribution in [0.15, 0.2) is 42.7 Å². The van der Waals surface area contributed by atoms with E-state index in [9.17, 15) is 13.2 Å². The Hall–Kier alpha value is -3.06. The third kappa shape index (κ3) is 3.39. The Bertz CT molecular complexity index is 1210. The van der Waals surface area contributed by atoms with Crippen molar-refractivity contribution in [2.45, 2.75) is 25.4 Å². The number of alkyl halides is 3. The van der Waals surface area contributed by atoms with E-state index in [1.807, 2.05) is 19.9 Å². The molecular weight excluding hydrogens is 412 g/mol. The molecule has 4 aromatic rings. The van der Waals surface area contributed by atoms with E-state index in [2.05, 4.69) is 31.6 Å². The Morgan fingerprint density at radius 2 is 1.90 bits per heavy atom. The number of hydrogen-bond acceptors (Lipinski definition) is 4. The molecule has 0 fully saturated rings. The molecule has 0 saturated carbocycles. The van der Waals surface area contributed by atoms with Crippen LogP contribution in [0.3, 0.4) is 0 Å². The number of benzene rings is 1. The number of H-pyrrole nitrogens is 1. The van der Waals surface area contributed by atoms with Crippen molar-refractivity contribution in [1.29, 1.82) is 0 Å². The summed E-state index contributed by atoms with van der Waals surface area (Å²) in [7, 11) is 0.906. The number of halogens is 3. The molecule has 6 nitrogen and oxygen atoms in total. The summed E-state index contributed by atoms with van der Waals surface area (Å²) >= 11 is 0. The minimum absolute atomic E-state index is 0.548. The zero-order valence-electron chi connectivity index (χ0n) is 16.3. The van der Waals surface area contributed by atoms with Crippen molar-refractivity contribution in [3.8, 4) is 11.1 Å². The van der Waals surface area contributed by atoms with Gasteiger partial charge in [0, 0.05) is 17.9 Å². The zero-order valence-corrected chi connectivity index (χ0v) is 17.2. The summed E-state index contributed by atoms with van der Waals surface area (Å²) < 4.78 is 40.4. The van der Waals surface area contributed by atoms with Crippen LogP contribution in [0.4, 0.5) is 13.2 Å². The van der Waals surface area contributed by atoms with Gasteiger partial charge in [0.2, 0.25) is 0 Å². The van der Waals surface area contributed by atoms with Crippen LogP contribution in [-0.2, 0) is 11.6 Å². The predicted octanol–water partition coefficient (Wildman–Crippen LogP) is 4.53. The van der Waals surface area contributed by atoms with Gasteiger partial charge in [-0.25, -0.2) is 14.5 Å². The monoisotopic (exact) mass is 430 g/mol. The molecule has 0 radical (unpaired) electrons. The van der Waals surface area contributed by atoms with Crippen molar-refractivity contribution in [1.82, 2.24) is 29.8 Å². The van der Waals surface area contributed by atoms with Gasteiger partial charge in [-0.3, -0.25) is 5.10 Å². The number of nitrogens with one attached hydrogen (secondary N) is 1. The maximum atomic E-state index is 12.9. The van der Waals surface area contributed by atoms with Gasteiger partial charge in [0.05, 0.1) is 22.9 Å². The van der Waals surface area contributed by atoms with Crippen LogP contribution in [0.25, 0.3) is 16.8 Å². The lowest BCUT2D eigenvalue weighted by Crippen LogP contribution is -2.30. The number of hydrogen-bond donors (Lipinski definition) is 1. The Balaban J connectivity index is 1.85. The van der Waals surface area contributed by atoms with Crippen molar-refractivity contribution in [3.63, 3.8) is 0 Å². The molecule has 3 heterocycles. The number of aryl methyl sites for hydroxylation is 1. The Kier molecular flexibility index (Phi) is 4.94. The maximum absolute atomic E-state index is 12.9. The average Bonchev–Trinajstić information content (AvgIpc) is 3.34. The van der Waals surface area contributed by atoms with Crippen LogP contribution in [0.2, 0.25) is 0 Å². The minimum Gasteiger partial charge on any atom is -0.263 e. The second-order valence-corrected chi connectivity index (χ2v) is 7.92. The third-order valence-corrected chi connectivity index (χ3v) is 5.86. The summed E-state index contributed by atoms with van der Waals surface area (Å²) in [6, 6.07) is 6.84. The van der Waals surface area contributed by atoms with Crippen molar-refractivity contribution in [3.05, 3.63) is 65.6 Å². The molecule has 3 aromatic heterocycles. The second-order valence-electron chi connectivity index (χ2n) is 7.16. The molecule has 30 heavy (non-hydrogen) atoms. The van der Waals surface area contributed by atoms with Crippen LogP contribution in [0, 0.1) is 6.92 Å². The molecule has 0 bridgehead atoms. The highest BCUT2D eigenvalue weighted by molar-refractivity contribution is 7.36. The fourth-order valence-corrected chi connectivity index (χ4v) is 4.18. The molecule has 4 rings (SSSR count). The molecule has 1 atom stereocenters. The smallest absolute Gasteiger partial charge is 0.263 e. The van der Waals surface area contributed by atoms with E-state index in [4.69, 9.17) is 0 Å². The number of aromatic amines is 1. The van der Waals surface area contributed by atoms with Crippen molar-refractivity contribution in [2.75, 3.05) is 6.16 Å². The van der Waals surface area contributed by atoms with Gasteiger partial charge in [-0.15, -0.1) is 8.20 Å². The minimum atomic E-state index is -4.38. The average molecular weight is 430 g/mol. The van der Waals surface area contributed by atoms with Crippen LogP contribution in [0.1, 0.15) is 29.8 Å². The Morgan fingerprint density at radius 1 is 1.17 bits per heavy atom. The molecule has 0 aliphatic carbocycles. The lowest BCUT2D eigenvalue weighted by Gasteiger charge is -2.25. The van der Waals surface area contributed by atoms with E-state index in [-0.39, 0.29) is 0 Å². The van der Waals surface area contributed by atoms with Gasteiger partial charge in [-0.05, 0) is 37.6 Å². The van der Waals surface area contributed by atoms with E-state index in [0.717, 1.165) is 26.0 Å². The summed E-state index contributed by atoms with van der Waals surface area (Å²) in [5.74, 6) is 1.32. The van der Waals surface area contributed by atoms with Crippen molar-refractivity contribution >= 4 is 20.2 Å². The number of aromatic nitrogens is 6. The first-order valence-corrected chi connectivity index (χ1v) is 10.3. The first kappa shape index (κ1) is 20.2.